The summed E-state index contributed by atoms with van der Waals surface area (Å²) in [5.41, 5.74) is 1.06. The van der Waals surface area contributed by atoms with Crippen molar-refractivity contribution in [2.24, 2.45) is 0 Å². The van der Waals surface area contributed by atoms with Gasteiger partial charge in [0.2, 0.25) is 0 Å². The van der Waals surface area contributed by atoms with E-state index < -0.39 is 0 Å². The van der Waals surface area contributed by atoms with Gasteiger partial charge in [0.1, 0.15) is 6.07 Å². The molecule has 1 aromatic carbocycles. The first-order chi connectivity index (χ1) is 8.69. The highest BCUT2D eigenvalue weighted by molar-refractivity contribution is 6.32. The maximum Gasteiger partial charge on any atom is 0.279 e. The SMILES string of the molecule is N#Cc1ccc(NC(=O)C[NH+]2CCCC2)cc1Cl. The number of rotatable bonds is 3. The fourth-order valence-electron chi connectivity index (χ4n) is 2.17. The van der Waals surface area contributed by atoms with Crippen LogP contribution in [0.15, 0.2) is 18.2 Å². The number of nitrogens with one attached hydrogen (secondary N) is 2. The number of hydrogen-bond donors (Lipinski definition) is 2. The summed E-state index contributed by atoms with van der Waals surface area (Å²) >= 11 is 5.90. The van der Waals surface area contributed by atoms with Crippen LogP contribution in [0.1, 0.15) is 18.4 Å². The summed E-state index contributed by atoms with van der Waals surface area (Å²) in [6.45, 7) is 2.64. The number of hydrogen-bond acceptors (Lipinski definition) is 2. The molecule has 0 aromatic heterocycles. The third-order valence-electron chi connectivity index (χ3n) is 3.09. The number of halogens is 1. The molecule has 0 bridgehead atoms. The first-order valence-corrected chi connectivity index (χ1v) is 6.40. The molecule has 1 aromatic rings. The fraction of sp³-hybridized carbons (Fsp3) is 0.385. The quantitative estimate of drug-likeness (QED) is 0.850. The molecule has 1 amide bonds. The van der Waals surface area contributed by atoms with Crippen LogP contribution in [0, 0.1) is 11.3 Å². The molecule has 0 unspecified atom stereocenters. The Hall–Kier alpha value is -1.57. The Bertz CT molecular complexity index is 489. The molecular formula is C13H15ClN3O+. The number of nitriles is 1. The Balaban J connectivity index is 1.94. The van der Waals surface area contributed by atoms with Crippen LogP contribution >= 0.6 is 11.6 Å². The van der Waals surface area contributed by atoms with Crippen molar-refractivity contribution in [1.29, 1.82) is 5.26 Å². The summed E-state index contributed by atoms with van der Waals surface area (Å²) in [7, 11) is 0. The lowest BCUT2D eigenvalue weighted by Gasteiger charge is -2.12. The first kappa shape index (κ1) is 12.9. The molecule has 0 saturated carbocycles. The van der Waals surface area contributed by atoms with Gasteiger partial charge in [-0.05, 0) is 18.2 Å². The average Bonchev–Trinajstić information content (AvgIpc) is 2.82. The summed E-state index contributed by atoms with van der Waals surface area (Å²) in [5.74, 6) is -0.00678. The van der Waals surface area contributed by atoms with Crippen LogP contribution in [0.4, 0.5) is 5.69 Å². The minimum Gasteiger partial charge on any atom is -0.327 e. The van der Waals surface area contributed by atoms with Gasteiger partial charge < -0.3 is 10.2 Å². The van der Waals surface area contributed by atoms with Crippen LogP contribution < -0.4 is 10.2 Å². The minimum atomic E-state index is -0.00678. The minimum absolute atomic E-state index is 0.00678. The second kappa shape index (κ2) is 5.85. The summed E-state index contributed by atoms with van der Waals surface area (Å²) in [4.78, 5) is 13.1. The maximum atomic E-state index is 11.8. The van der Waals surface area contributed by atoms with Gasteiger partial charge in [-0.3, -0.25) is 4.79 Å². The molecule has 1 aliphatic rings. The molecule has 1 fully saturated rings. The first-order valence-electron chi connectivity index (χ1n) is 6.02. The topological polar surface area (TPSA) is 57.3 Å². The van der Waals surface area contributed by atoms with Gasteiger partial charge in [-0.1, -0.05) is 11.6 Å². The van der Waals surface area contributed by atoms with Crippen LogP contribution in [0.2, 0.25) is 5.02 Å². The molecule has 2 N–H and O–H groups in total. The van der Waals surface area contributed by atoms with E-state index in [0.717, 1.165) is 13.1 Å². The average molecular weight is 265 g/mol. The number of amides is 1. The van der Waals surface area contributed by atoms with Crippen LogP contribution in [-0.2, 0) is 4.79 Å². The third-order valence-corrected chi connectivity index (χ3v) is 3.41. The summed E-state index contributed by atoms with van der Waals surface area (Å²) in [5, 5.41) is 11.9. The number of nitrogens with zero attached hydrogens (tertiary/aromatic N) is 1. The van der Waals surface area contributed by atoms with Crippen molar-refractivity contribution < 1.29 is 9.69 Å². The number of quaternary nitrogens is 1. The van der Waals surface area contributed by atoms with Gasteiger partial charge in [0.15, 0.2) is 6.54 Å². The monoisotopic (exact) mass is 264 g/mol. The van der Waals surface area contributed by atoms with Gasteiger partial charge in [-0.25, -0.2) is 0 Å². The Morgan fingerprint density at radius 1 is 1.44 bits per heavy atom. The second-order valence-electron chi connectivity index (χ2n) is 4.49. The lowest BCUT2D eigenvalue weighted by atomic mass is 10.2. The van der Waals surface area contributed by atoms with E-state index in [-0.39, 0.29) is 5.91 Å². The molecule has 0 aliphatic carbocycles. The van der Waals surface area contributed by atoms with E-state index in [9.17, 15) is 4.79 Å². The normalized spacial score (nSPS) is 15.3. The van der Waals surface area contributed by atoms with Gasteiger partial charge in [-0.2, -0.15) is 5.26 Å². The maximum absolute atomic E-state index is 11.8. The number of likely N-dealkylation sites (tertiary alicyclic amines) is 1. The van der Waals surface area contributed by atoms with E-state index in [1.807, 2.05) is 6.07 Å². The number of carbonyl (C=O) groups is 1. The van der Waals surface area contributed by atoms with E-state index in [4.69, 9.17) is 16.9 Å². The van der Waals surface area contributed by atoms with E-state index >= 15 is 0 Å². The second-order valence-corrected chi connectivity index (χ2v) is 4.90. The third kappa shape index (κ3) is 3.22. The van der Waals surface area contributed by atoms with E-state index in [1.54, 1.807) is 18.2 Å². The lowest BCUT2D eigenvalue weighted by molar-refractivity contribution is -0.878. The van der Waals surface area contributed by atoms with Gasteiger partial charge in [0.05, 0.1) is 23.7 Å². The Morgan fingerprint density at radius 2 is 2.17 bits per heavy atom. The van der Waals surface area contributed by atoms with E-state index in [1.165, 1.54) is 17.7 Å². The summed E-state index contributed by atoms with van der Waals surface area (Å²) in [6.07, 6.45) is 2.40. The molecule has 0 atom stereocenters. The lowest BCUT2D eigenvalue weighted by Crippen LogP contribution is -3.11. The van der Waals surface area contributed by atoms with Crippen molar-refractivity contribution >= 4 is 23.2 Å². The van der Waals surface area contributed by atoms with Gasteiger partial charge in [-0.15, -0.1) is 0 Å². The number of carbonyl (C=O) groups excluding carboxylic acids is 1. The molecule has 1 saturated heterocycles. The van der Waals surface area contributed by atoms with Crippen LogP contribution in [0.5, 0.6) is 0 Å². The molecule has 4 nitrogen and oxygen atoms in total. The Kier molecular flexibility index (Phi) is 4.19. The molecule has 18 heavy (non-hydrogen) atoms. The molecule has 94 valence electrons. The number of benzene rings is 1. The van der Waals surface area contributed by atoms with Crippen molar-refractivity contribution in [1.82, 2.24) is 0 Å². The zero-order valence-electron chi connectivity index (χ0n) is 10.0. The summed E-state index contributed by atoms with van der Waals surface area (Å²) < 4.78 is 0. The van der Waals surface area contributed by atoms with Crippen LogP contribution in [0.3, 0.4) is 0 Å². The molecule has 2 rings (SSSR count). The Labute approximate surface area is 111 Å². The van der Waals surface area contributed by atoms with Gasteiger partial charge in [0.25, 0.3) is 5.91 Å². The highest BCUT2D eigenvalue weighted by Gasteiger charge is 2.18. The van der Waals surface area contributed by atoms with Crippen molar-refractivity contribution in [2.45, 2.75) is 12.8 Å². The van der Waals surface area contributed by atoms with Crippen molar-refractivity contribution in [2.75, 3.05) is 25.0 Å². The predicted octanol–water partition coefficient (Wildman–Crippen LogP) is 0.829. The fourth-order valence-corrected chi connectivity index (χ4v) is 2.39. The highest BCUT2D eigenvalue weighted by Crippen LogP contribution is 2.19. The largest absolute Gasteiger partial charge is 0.327 e. The molecular weight excluding hydrogens is 250 g/mol. The van der Waals surface area contributed by atoms with Crippen LogP contribution in [-0.4, -0.2) is 25.5 Å². The zero-order chi connectivity index (χ0) is 13.0. The summed E-state index contributed by atoms with van der Waals surface area (Å²) in [6, 6.07) is 6.90. The molecule has 0 spiro atoms. The van der Waals surface area contributed by atoms with Gasteiger partial charge in [0, 0.05) is 18.5 Å². The van der Waals surface area contributed by atoms with Crippen molar-refractivity contribution in [3.63, 3.8) is 0 Å². The van der Waals surface area contributed by atoms with E-state index in [2.05, 4.69) is 5.32 Å². The molecule has 1 aliphatic heterocycles. The zero-order valence-corrected chi connectivity index (χ0v) is 10.8. The predicted molar refractivity (Wildman–Crippen MR) is 69.6 cm³/mol. The van der Waals surface area contributed by atoms with E-state index in [0.29, 0.717) is 22.8 Å². The van der Waals surface area contributed by atoms with Crippen molar-refractivity contribution in [3.05, 3.63) is 28.8 Å². The van der Waals surface area contributed by atoms with Gasteiger partial charge >= 0.3 is 0 Å². The van der Waals surface area contributed by atoms with Crippen molar-refractivity contribution in [3.8, 4) is 6.07 Å². The standard InChI is InChI=1S/C13H14ClN3O/c14-12-7-11(4-3-10(12)8-15)16-13(18)9-17-5-1-2-6-17/h3-4,7H,1-2,5-6,9H2,(H,16,18)/p+1. The highest BCUT2D eigenvalue weighted by atomic mass is 35.5. The molecule has 5 heteroatoms. The smallest absolute Gasteiger partial charge is 0.279 e. The molecule has 0 radical (unpaired) electrons. The number of anilines is 1. The molecule has 1 heterocycles. The van der Waals surface area contributed by atoms with Crippen LogP contribution in [0.25, 0.3) is 0 Å². The Morgan fingerprint density at radius 3 is 2.78 bits per heavy atom.